The Kier molecular flexibility index (Phi) is 7.67. The lowest BCUT2D eigenvalue weighted by atomic mass is 10.1. The van der Waals surface area contributed by atoms with Crippen molar-refractivity contribution in [1.82, 2.24) is 4.90 Å². The van der Waals surface area contributed by atoms with Gasteiger partial charge in [-0.25, -0.2) is 0 Å². The molecule has 0 aliphatic carbocycles. The average molecular weight is 472 g/mol. The van der Waals surface area contributed by atoms with Crippen LogP contribution < -0.4 is 9.47 Å². The van der Waals surface area contributed by atoms with Crippen LogP contribution in [0.3, 0.4) is 0 Å². The van der Waals surface area contributed by atoms with Crippen molar-refractivity contribution in [2.24, 2.45) is 0 Å². The zero-order valence-corrected chi connectivity index (χ0v) is 18.6. The number of methoxy groups -OCH3 is 1. The molecule has 10 nitrogen and oxygen atoms in total. The largest absolute Gasteiger partial charge is 0.493 e. The minimum Gasteiger partial charge on any atom is -0.493 e. The van der Waals surface area contributed by atoms with Gasteiger partial charge in [0.05, 0.1) is 23.5 Å². The molecule has 0 atom stereocenters. The van der Waals surface area contributed by atoms with E-state index in [2.05, 4.69) is 0 Å². The first kappa shape index (κ1) is 23.8. The zero-order chi connectivity index (χ0) is 24.0. The number of carbonyl (C=O) groups is 3. The Morgan fingerprint density at radius 2 is 1.88 bits per heavy atom. The van der Waals surface area contributed by atoms with Crippen molar-refractivity contribution in [2.75, 3.05) is 20.3 Å². The molecular formula is C22H20N2O8S. The summed E-state index contributed by atoms with van der Waals surface area (Å²) in [5.41, 5.74) is 1.32. The third-order valence-electron chi connectivity index (χ3n) is 4.49. The highest BCUT2D eigenvalue weighted by molar-refractivity contribution is 8.18. The van der Waals surface area contributed by atoms with Crippen molar-refractivity contribution in [3.05, 3.63) is 68.6 Å². The number of carbonyl (C=O) groups excluding carboxylic acids is 3. The number of esters is 1. The molecule has 1 heterocycles. The van der Waals surface area contributed by atoms with Crippen molar-refractivity contribution >= 4 is 40.6 Å². The van der Waals surface area contributed by atoms with E-state index < -0.39 is 28.6 Å². The Balaban J connectivity index is 1.70. The molecular weight excluding hydrogens is 452 g/mol. The molecule has 0 saturated carbocycles. The zero-order valence-electron chi connectivity index (χ0n) is 17.8. The van der Waals surface area contributed by atoms with Crippen molar-refractivity contribution in [2.45, 2.75) is 13.5 Å². The van der Waals surface area contributed by atoms with Crippen molar-refractivity contribution in [3.63, 3.8) is 0 Å². The van der Waals surface area contributed by atoms with E-state index in [9.17, 15) is 24.5 Å². The number of amides is 2. The summed E-state index contributed by atoms with van der Waals surface area (Å²) in [5, 5.41) is 10.2. The highest BCUT2D eigenvalue weighted by atomic mass is 32.2. The van der Waals surface area contributed by atoms with Gasteiger partial charge in [-0.1, -0.05) is 6.07 Å². The van der Waals surface area contributed by atoms with E-state index in [0.29, 0.717) is 17.1 Å². The minimum absolute atomic E-state index is 0.00708. The summed E-state index contributed by atoms with van der Waals surface area (Å²) < 4.78 is 15.9. The van der Waals surface area contributed by atoms with Gasteiger partial charge in [0.25, 0.3) is 16.8 Å². The van der Waals surface area contributed by atoms with Crippen LogP contribution >= 0.6 is 11.8 Å². The lowest BCUT2D eigenvalue weighted by Gasteiger charge is -2.12. The van der Waals surface area contributed by atoms with E-state index in [1.54, 1.807) is 37.3 Å². The van der Waals surface area contributed by atoms with E-state index in [0.717, 1.165) is 22.2 Å². The van der Waals surface area contributed by atoms with Crippen LogP contribution in [0.15, 0.2) is 47.4 Å². The Hall–Kier alpha value is -3.86. The molecule has 33 heavy (non-hydrogen) atoms. The van der Waals surface area contributed by atoms with Crippen LogP contribution in [0.5, 0.6) is 11.5 Å². The van der Waals surface area contributed by atoms with Crippen molar-refractivity contribution in [1.29, 1.82) is 0 Å². The molecule has 1 saturated heterocycles. The average Bonchev–Trinajstić information content (AvgIpc) is 3.05. The normalized spacial score (nSPS) is 14.5. The number of rotatable bonds is 9. The molecule has 0 unspecified atom stereocenters. The first-order valence-electron chi connectivity index (χ1n) is 9.77. The first-order valence-corrected chi connectivity index (χ1v) is 10.6. The van der Waals surface area contributed by atoms with Crippen molar-refractivity contribution < 1.29 is 33.5 Å². The molecule has 0 aromatic heterocycles. The van der Waals surface area contributed by atoms with Crippen molar-refractivity contribution in [3.8, 4) is 11.5 Å². The van der Waals surface area contributed by atoms with E-state index in [1.807, 2.05) is 0 Å². The van der Waals surface area contributed by atoms with E-state index >= 15 is 0 Å². The van der Waals surface area contributed by atoms with Crippen LogP contribution in [0.25, 0.3) is 6.08 Å². The van der Waals surface area contributed by atoms with Gasteiger partial charge in [0.15, 0.2) is 11.5 Å². The lowest BCUT2D eigenvalue weighted by Crippen LogP contribution is -2.34. The molecule has 3 rings (SSSR count). The number of nitro benzene ring substituents is 1. The summed E-state index contributed by atoms with van der Waals surface area (Å²) >= 11 is 0.736. The van der Waals surface area contributed by atoms with E-state index in [-0.39, 0.29) is 23.8 Å². The molecule has 0 radical (unpaired) electrons. The molecule has 2 aromatic rings. The SMILES string of the molecule is CCOC(=O)CN1C(=O)S/C(=C\c2ccc(OCc3ccc([N+](=O)[O-])cc3)c(OC)c2)C1=O. The molecule has 0 spiro atoms. The number of nitro groups is 1. The number of hydrogen-bond acceptors (Lipinski definition) is 9. The number of ether oxygens (including phenoxy) is 3. The fourth-order valence-electron chi connectivity index (χ4n) is 2.89. The number of non-ortho nitro benzene ring substituents is 1. The summed E-state index contributed by atoms with van der Waals surface area (Å²) in [6.07, 6.45) is 1.53. The second-order valence-corrected chi connectivity index (χ2v) is 7.69. The molecule has 1 fully saturated rings. The second kappa shape index (κ2) is 10.6. The fourth-order valence-corrected chi connectivity index (χ4v) is 3.73. The van der Waals surface area contributed by atoms with Gasteiger partial charge in [0.2, 0.25) is 0 Å². The fraction of sp³-hybridized carbons (Fsp3) is 0.227. The van der Waals surface area contributed by atoms with Gasteiger partial charge in [-0.3, -0.25) is 29.4 Å². The van der Waals surface area contributed by atoms with E-state index in [1.165, 1.54) is 25.3 Å². The Morgan fingerprint density at radius 3 is 2.52 bits per heavy atom. The lowest BCUT2D eigenvalue weighted by molar-refractivity contribution is -0.384. The summed E-state index contributed by atoms with van der Waals surface area (Å²) in [5.74, 6) is -0.396. The number of thioether (sulfide) groups is 1. The molecule has 0 bridgehead atoms. The Bertz CT molecular complexity index is 1110. The Labute approximate surface area is 193 Å². The maximum Gasteiger partial charge on any atom is 0.326 e. The molecule has 172 valence electrons. The van der Waals surface area contributed by atoms with Gasteiger partial charge in [0, 0.05) is 12.1 Å². The van der Waals surface area contributed by atoms with Gasteiger partial charge in [-0.05, 0) is 60.2 Å². The van der Waals surface area contributed by atoms with Gasteiger partial charge < -0.3 is 14.2 Å². The van der Waals surface area contributed by atoms with Crippen LogP contribution in [-0.4, -0.2) is 47.2 Å². The van der Waals surface area contributed by atoms with Crippen LogP contribution in [0.4, 0.5) is 10.5 Å². The number of imide groups is 1. The predicted octanol–water partition coefficient (Wildman–Crippen LogP) is 3.78. The van der Waals surface area contributed by atoms with Gasteiger partial charge >= 0.3 is 5.97 Å². The Morgan fingerprint density at radius 1 is 1.15 bits per heavy atom. The standard InChI is InChI=1S/C22H20N2O8S/c1-3-31-20(25)12-23-21(26)19(33-22(23)27)11-15-6-9-17(18(10-15)30-2)32-13-14-4-7-16(8-5-14)24(28)29/h4-11H,3,12-13H2,1-2H3/b19-11-. The summed E-state index contributed by atoms with van der Waals surface area (Å²) in [6, 6.07) is 11.0. The number of nitrogens with zero attached hydrogens (tertiary/aromatic N) is 2. The van der Waals surface area contributed by atoms with Gasteiger partial charge in [-0.2, -0.15) is 0 Å². The third kappa shape index (κ3) is 5.89. The topological polar surface area (TPSA) is 125 Å². The maximum atomic E-state index is 12.5. The molecule has 11 heteroatoms. The van der Waals surface area contributed by atoms with Crippen LogP contribution in [0.1, 0.15) is 18.1 Å². The number of hydrogen-bond donors (Lipinski definition) is 0. The molecule has 2 amide bonds. The summed E-state index contributed by atoms with van der Waals surface area (Å²) in [7, 11) is 1.46. The minimum atomic E-state index is -0.655. The molecule has 1 aliphatic rings. The van der Waals surface area contributed by atoms with Crippen LogP contribution in [0, 0.1) is 10.1 Å². The summed E-state index contributed by atoms with van der Waals surface area (Å²) in [4.78, 5) is 47.6. The quantitative estimate of drug-likeness (QED) is 0.232. The van der Waals surface area contributed by atoms with Crippen LogP contribution in [-0.2, 0) is 20.9 Å². The molecule has 2 aromatic carbocycles. The highest BCUT2D eigenvalue weighted by Gasteiger charge is 2.36. The number of benzene rings is 2. The third-order valence-corrected chi connectivity index (χ3v) is 5.40. The second-order valence-electron chi connectivity index (χ2n) is 6.70. The molecule has 1 aliphatic heterocycles. The predicted molar refractivity (Wildman–Crippen MR) is 120 cm³/mol. The maximum absolute atomic E-state index is 12.5. The summed E-state index contributed by atoms with van der Waals surface area (Å²) in [6.45, 7) is 1.52. The van der Waals surface area contributed by atoms with Gasteiger partial charge in [0.1, 0.15) is 13.2 Å². The first-order chi connectivity index (χ1) is 15.8. The van der Waals surface area contributed by atoms with Crippen LogP contribution in [0.2, 0.25) is 0 Å². The molecule has 0 N–H and O–H groups in total. The van der Waals surface area contributed by atoms with E-state index in [4.69, 9.17) is 14.2 Å². The highest BCUT2D eigenvalue weighted by Crippen LogP contribution is 2.34. The monoisotopic (exact) mass is 472 g/mol. The van der Waals surface area contributed by atoms with Gasteiger partial charge in [-0.15, -0.1) is 0 Å². The smallest absolute Gasteiger partial charge is 0.326 e.